The lowest BCUT2D eigenvalue weighted by Gasteiger charge is -2.35. The first kappa shape index (κ1) is 14.3. The Bertz CT molecular complexity index is 411. The summed E-state index contributed by atoms with van der Waals surface area (Å²) in [6.45, 7) is 1.77. The number of aliphatic hydroxyl groups excluding tert-OH is 1. The molecule has 2 nitrogen and oxygen atoms in total. The van der Waals surface area contributed by atoms with Crippen molar-refractivity contribution >= 4 is 5.78 Å². The van der Waals surface area contributed by atoms with Crippen LogP contribution in [0.1, 0.15) is 57.4 Å². The minimum Gasteiger partial charge on any atom is -0.392 e. The standard InChI is InChI=1S/C17H24O2/c1-14(18)17(15-10-6-5-7-11-15)13-9-4-2-3-8-12-16(17)19/h5-7,10-11,14,18H,2-4,8-9,12-13H2,1H3/t14-,17-/m0/s1. The van der Waals surface area contributed by atoms with E-state index >= 15 is 0 Å². The highest BCUT2D eigenvalue weighted by atomic mass is 16.3. The Morgan fingerprint density at radius 3 is 2.37 bits per heavy atom. The van der Waals surface area contributed by atoms with Crippen LogP contribution >= 0.6 is 0 Å². The van der Waals surface area contributed by atoms with Crippen molar-refractivity contribution in [1.29, 1.82) is 0 Å². The second kappa shape index (κ2) is 6.33. The van der Waals surface area contributed by atoms with Crippen LogP contribution in [0, 0.1) is 0 Å². The highest BCUT2D eigenvalue weighted by Crippen LogP contribution is 2.37. The molecule has 1 aromatic rings. The summed E-state index contributed by atoms with van der Waals surface area (Å²) < 4.78 is 0. The van der Waals surface area contributed by atoms with E-state index in [-0.39, 0.29) is 5.78 Å². The van der Waals surface area contributed by atoms with Gasteiger partial charge in [0.1, 0.15) is 5.78 Å². The zero-order valence-electron chi connectivity index (χ0n) is 11.8. The maximum absolute atomic E-state index is 12.7. The van der Waals surface area contributed by atoms with Crippen LogP contribution in [-0.4, -0.2) is 17.0 Å². The number of aliphatic hydroxyl groups is 1. The zero-order chi connectivity index (χ0) is 13.7. The molecular weight excluding hydrogens is 236 g/mol. The fourth-order valence-corrected chi connectivity index (χ4v) is 3.31. The van der Waals surface area contributed by atoms with Crippen LogP contribution in [0.25, 0.3) is 0 Å². The molecule has 0 bridgehead atoms. The summed E-state index contributed by atoms with van der Waals surface area (Å²) in [5.41, 5.74) is 0.294. The van der Waals surface area contributed by atoms with Gasteiger partial charge in [-0.1, -0.05) is 56.0 Å². The minimum atomic E-state index is -0.689. The number of carbonyl (C=O) groups excluding carboxylic acids is 1. The number of Topliss-reactive ketones (excluding diaryl/α,β-unsaturated/α-hetero) is 1. The molecule has 0 heterocycles. The fraction of sp³-hybridized carbons (Fsp3) is 0.588. The zero-order valence-corrected chi connectivity index (χ0v) is 11.8. The van der Waals surface area contributed by atoms with Gasteiger partial charge < -0.3 is 5.11 Å². The molecule has 1 aromatic carbocycles. The molecule has 0 amide bonds. The van der Waals surface area contributed by atoms with Crippen LogP contribution < -0.4 is 0 Å². The first-order chi connectivity index (χ1) is 9.18. The van der Waals surface area contributed by atoms with Gasteiger partial charge in [0.2, 0.25) is 0 Å². The van der Waals surface area contributed by atoms with E-state index in [1.54, 1.807) is 6.92 Å². The Morgan fingerprint density at radius 2 is 1.68 bits per heavy atom. The average molecular weight is 260 g/mol. The third-order valence-electron chi connectivity index (χ3n) is 4.47. The van der Waals surface area contributed by atoms with Crippen molar-refractivity contribution in [3.63, 3.8) is 0 Å². The Balaban J connectivity index is 2.41. The molecule has 104 valence electrons. The van der Waals surface area contributed by atoms with Crippen molar-refractivity contribution in [2.24, 2.45) is 0 Å². The summed E-state index contributed by atoms with van der Waals surface area (Å²) in [5.74, 6) is 0.218. The molecule has 1 fully saturated rings. The summed E-state index contributed by atoms with van der Waals surface area (Å²) in [5, 5.41) is 10.3. The molecule has 1 saturated carbocycles. The van der Waals surface area contributed by atoms with Gasteiger partial charge in [-0.3, -0.25) is 4.79 Å². The van der Waals surface area contributed by atoms with E-state index in [9.17, 15) is 9.90 Å². The van der Waals surface area contributed by atoms with E-state index in [4.69, 9.17) is 0 Å². The van der Waals surface area contributed by atoms with Crippen LogP contribution in [-0.2, 0) is 10.2 Å². The van der Waals surface area contributed by atoms with E-state index in [2.05, 4.69) is 0 Å². The Hall–Kier alpha value is -1.15. The van der Waals surface area contributed by atoms with Crippen molar-refractivity contribution in [3.05, 3.63) is 35.9 Å². The molecule has 0 spiro atoms. The van der Waals surface area contributed by atoms with E-state index in [1.165, 1.54) is 6.42 Å². The van der Waals surface area contributed by atoms with E-state index in [1.807, 2.05) is 30.3 Å². The first-order valence-electron chi connectivity index (χ1n) is 7.45. The van der Waals surface area contributed by atoms with Crippen molar-refractivity contribution in [1.82, 2.24) is 0 Å². The Morgan fingerprint density at radius 1 is 1.05 bits per heavy atom. The largest absolute Gasteiger partial charge is 0.392 e. The third kappa shape index (κ3) is 2.89. The summed E-state index contributed by atoms with van der Waals surface area (Å²) in [7, 11) is 0. The molecule has 0 unspecified atom stereocenters. The summed E-state index contributed by atoms with van der Waals surface area (Å²) >= 11 is 0. The lowest BCUT2D eigenvalue weighted by Crippen LogP contribution is -2.45. The van der Waals surface area contributed by atoms with E-state index in [0.29, 0.717) is 6.42 Å². The molecule has 1 N–H and O–H groups in total. The molecule has 1 aliphatic carbocycles. The topological polar surface area (TPSA) is 37.3 Å². The smallest absolute Gasteiger partial charge is 0.145 e. The number of hydrogen-bond acceptors (Lipinski definition) is 2. The highest BCUT2D eigenvalue weighted by Gasteiger charge is 2.43. The highest BCUT2D eigenvalue weighted by molar-refractivity contribution is 5.90. The van der Waals surface area contributed by atoms with Gasteiger partial charge in [0.05, 0.1) is 11.5 Å². The monoisotopic (exact) mass is 260 g/mol. The molecular formula is C17H24O2. The van der Waals surface area contributed by atoms with Gasteiger partial charge in [0.15, 0.2) is 0 Å². The predicted molar refractivity (Wildman–Crippen MR) is 77.1 cm³/mol. The van der Waals surface area contributed by atoms with Gasteiger partial charge in [0.25, 0.3) is 0 Å². The molecule has 2 heteroatoms. The van der Waals surface area contributed by atoms with E-state index < -0.39 is 11.5 Å². The van der Waals surface area contributed by atoms with Crippen LogP contribution in [0.15, 0.2) is 30.3 Å². The maximum Gasteiger partial charge on any atom is 0.145 e. The molecule has 2 atom stereocenters. The van der Waals surface area contributed by atoms with Crippen LogP contribution in [0.4, 0.5) is 0 Å². The van der Waals surface area contributed by atoms with Gasteiger partial charge in [-0.2, -0.15) is 0 Å². The van der Waals surface area contributed by atoms with E-state index in [0.717, 1.165) is 37.7 Å². The Labute approximate surface area is 115 Å². The fourth-order valence-electron chi connectivity index (χ4n) is 3.31. The number of benzene rings is 1. The molecule has 0 radical (unpaired) electrons. The number of ketones is 1. The quantitative estimate of drug-likeness (QED) is 0.882. The van der Waals surface area contributed by atoms with Crippen LogP contribution in [0.3, 0.4) is 0 Å². The lowest BCUT2D eigenvalue weighted by atomic mass is 9.68. The van der Waals surface area contributed by atoms with Gasteiger partial charge in [-0.15, -0.1) is 0 Å². The second-order valence-corrected chi connectivity index (χ2v) is 5.70. The normalized spacial score (nSPS) is 27.2. The van der Waals surface area contributed by atoms with Gasteiger partial charge in [-0.05, 0) is 25.3 Å². The Kier molecular flexibility index (Phi) is 4.76. The van der Waals surface area contributed by atoms with Crippen LogP contribution in [0.5, 0.6) is 0 Å². The van der Waals surface area contributed by atoms with Crippen molar-refractivity contribution < 1.29 is 9.90 Å². The van der Waals surface area contributed by atoms with Gasteiger partial charge in [-0.25, -0.2) is 0 Å². The number of rotatable bonds is 2. The lowest BCUT2D eigenvalue weighted by molar-refractivity contribution is -0.129. The molecule has 1 aliphatic rings. The molecule has 0 aromatic heterocycles. The SMILES string of the molecule is C[C@H](O)[C@]1(c2ccccc2)CCCCCCCC1=O. The van der Waals surface area contributed by atoms with Crippen molar-refractivity contribution in [2.75, 3.05) is 0 Å². The molecule has 19 heavy (non-hydrogen) atoms. The molecule has 0 saturated heterocycles. The van der Waals surface area contributed by atoms with Crippen molar-refractivity contribution in [3.8, 4) is 0 Å². The van der Waals surface area contributed by atoms with Gasteiger partial charge in [0, 0.05) is 6.42 Å². The van der Waals surface area contributed by atoms with Gasteiger partial charge >= 0.3 is 0 Å². The van der Waals surface area contributed by atoms with Crippen LogP contribution in [0.2, 0.25) is 0 Å². The first-order valence-corrected chi connectivity index (χ1v) is 7.45. The second-order valence-electron chi connectivity index (χ2n) is 5.70. The predicted octanol–water partition coefficient (Wildman–Crippen LogP) is 3.62. The summed E-state index contributed by atoms with van der Waals surface area (Å²) in [4.78, 5) is 12.7. The minimum absolute atomic E-state index is 0.218. The molecule has 2 rings (SSSR count). The summed E-state index contributed by atoms with van der Waals surface area (Å²) in [6, 6.07) is 9.85. The third-order valence-corrected chi connectivity index (χ3v) is 4.47. The summed E-state index contributed by atoms with van der Waals surface area (Å²) in [6.07, 6.45) is 6.22. The maximum atomic E-state index is 12.7. The number of hydrogen-bond donors (Lipinski definition) is 1. The molecule has 0 aliphatic heterocycles. The van der Waals surface area contributed by atoms with Crippen molar-refractivity contribution in [2.45, 2.75) is 63.4 Å². The number of carbonyl (C=O) groups is 1. The average Bonchev–Trinajstić information content (AvgIpc) is 2.51.